The minimum atomic E-state index is -0.734. The number of nitrogens with zero attached hydrogens (tertiary/aromatic N) is 1. The molecule has 0 saturated carbocycles. The van der Waals surface area contributed by atoms with Gasteiger partial charge in [-0.1, -0.05) is 19.9 Å². The fraction of sp³-hybridized carbons (Fsp3) is 0.400. The second-order valence-electron chi connectivity index (χ2n) is 3.57. The average molecular weight is 244 g/mol. The molecule has 1 heterocycles. The van der Waals surface area contributed by atoms with Gasteiger partial charge in [0.15, 0.2) is 0 Å². The molecule has 0 radical (unpaired) electrons. The highest BCUT2D eigenvalue weighted by Gasteiger charge is 2.09. The van der Waals surface area contributed by atoms with E-state index in [4.69, 9.17) is 0 Å². The Labute approximate surface area is 98.0 Å². The van der Waals surface area contributed by atoms with Crippen molar-refractivity contribution in [3.8, 4) is 0 Å². The van der Waals surface area contributed by atoms with E-state index in [1.54, 1.807) is 6.07 Å². The van der Waals surface area contributed by atoms with E-state index in [0.29, 0.717) is 11.6 Å². The fourth-order valence-corrected chi connectivity index (χ4v) is 1.78. The molecule has 1 N–H and O–H groups in total. The molecule has 1 rings (SSSR count). The maximum absolute atomic E-state index is 11.6. The normalized spacial score (nSPS) is 13.8. The number of pyridine rings is 1. The molecule has 0 aliphatic rings. The number of carbonyl (C=O) groups excluding carboxylic acids is 1. The summed E-state index contributed by atoms with van der Waals surface area (Å²) in [6, 6.07) is 5.50. The predicted molar refractivity (Wildman–Crippen MR) is 69.7 cm³/mol. The third-order valence-electron chi connectivity index (χ3n) is 1.86. The van der Waals surface area contributed by atoms with Crippen LogP contribution in [0.3, 0.4) is 0 Å². The number of amides is 1. The number of thiol groups is 2. The Balaban J connectivity index is 2.85. The van der Waals surface area contributed by atoms with Crippen LogP contribution in [0.25, 0.3) is 0 Å². The molecule has 15 heavy (non-hydrogen) atoms. The van der Waals surface area contributed by atoms with Gasteiger partial charge in [0, 0.05) is 5.69 Å². The van der Waals surface area contributed by atoms with Gasteiger partial charge in [0.1, 0.15) is 5.69 Å². The van der Waals surface area contributed by atoms with E-state index in [1.807, 2.05) is 18.4 Å². The zero-order valence-electron chi connectivity index (χ0n) is 9.06. The lowest BCUT2D eigenvalue weighted by Crippen LogP contribution is -2.19. The van der Waals surface area contributed by atoms with Crippen molar-refractivity contribution in [1.82, 2.24) is 9.71 Å². The summed E-state index contributed by atoms with van der Waals surface area (Å²) in [5.74, 6) is 0.179. The Kier molecular flexibility index (Phi) is 4.47. The van der Waals surface area contributed by atoms with Crippen molar-refractivity contribution in [2.75, 3.05) is 6.26 Å². The second kappa shape index (κ2) is 5.42. The molecule has 1 unspecified atom stereocenters. The molecule has 3 nitrogen and oxygen atoms in total. The number of carbonyl (C=O) groups is 1. The molecule has 1 aromatic rings. The molecule has 1 amide bonds. The van der Waals surface area contributed by atoms with E-state index in [1.165, 1.54) is 0 Å². The summed E-state index contributed by atoms with van der Waals surface area (Å²) in [6.07, 6.45) is 1.86. The molecule has 5 heteroatoms. The highest BCUT2D eigenvalue weighted by molar-refractivity contribution is 8.77. The topological polar surface area (TPSA) is 42.0 Å². The third-order valence-corrected chi connectivity index (χ3v) is 2.68. The van der Waals surface area contributed by atoms with Gasteiger partial charge in [-0.15, -0.1) is 21.8 Å². The Morgan fingerprint density at radius 1 is 1.53 bits per heavy atom. The van der Waals surface area contributed by atoms with Crippen LogP contribution < -0.4 is 4.72 Å². The molecule has 1 atom stereocenters. The Morgan fingerprint density at radius 2 is 2.20 bits per heavy atom. The first kappa shape index (κ1) is 12.4. The van der Waals surface area contributed by atoms with Crippen molar-refractivity contribution in [3.05, 3.63) is 29.6 Å². The average Bonchev–Trinajstić information content (AvgIpc) is 2.17. The molecular formula is C10H16N2OS2. The lowest BCUT2D eigenvalue weighted by Gasteiger charge is -2.11. The van der Waals surface area contributed by atoms with Gasteiger partial charge in [-0.05, 0) is 24.3 Å². The number of hydrogen-bond donors (Lipinski definition) is 3. The maximum atomic E-state index is 11.6. The first-order valence-corrected chi connectivity index (χ1v) is 7.65. The van der Waals surface area contributed by atoms with E-state index in [-0.39, 0.29) is 5.91 Å². The Bertz CT molecular complexity index is 353. The van der Waals surface area contributed by atoms with Crippen molar-refractivity contribution >= 4 is 27.7 Å². The van der Waals surface area contributed by atoms with Crippen LogP contribution in [-0.4, -0.2) is 17.1 Å². The van der Waals surface area contributed by atoms with Crippen molar-refractivity contribution in [1.29, 1.82) is 0 Å². The molecule has 1 aromatic heterocycles. The smallest absolute Gasteiger partial charge is 0.278 e. The van der Waals surface area contributed by atoms with Crippen LogP contribution in [0, 0.1) is 0 Å². The fourth-order valence-electron chi connectivity index (χ4n) is 1.10. The van der Waals surface area contributed by atoms with Gasteiger partial charge in [-0.25, -0.2) is 4.98 Å². The third kappa shape index (κ3) is 3.76. The van der Waals surface area contributed by atoms with Crippen LogP contribution in [-0.2, 0) is 0 Å². The van der Waals surface area contributed by atoms with Gasteiger partial charge < -0.3 is 4.72 Å². The highest BCUT2D eigenvalue weighted by atomic mass is 33.1. The molecular weight excluding hydrogens is 228 g/mol. The van der Waals surface area contributed by atoms with Crippen molar-refractivity contribution in [3.63, 3.8) is 0 Å². The van der Waals surface area contributed by atoms with Gasteiger partial charge in [0.05, 0.1) is 0 Å². The van der Waals surface area contributed by atoms with E-state index < -0.39 is 10.1 Å². The van der Waals surface area contributed by atoms with E-state index in [2.05, 4.69) is 35.2 Å². The van der Waals surface area contributed by atoms with Gasteiger partial charge in [0.25, 0.3) is 5.91 Å². The maximum Gasteiger partial charge on any atom is 0.278 e. The Morgan fingerprint density at radius 3 is 2.73 bits per heavy atom. The van der Waals surface area contributed by atoms with Crippen LogP contribution in [0.15, 0.2) is 18.2 Å². The van der Waals surface area contributed by atoms with Gasteiger partial charge in [-0.2, -0.15) is 0 Å². The molecule has 0 fully saturated rings. The summed E-state index contributed by atoms with van der Waals surface area (Å²) in [5, 5.41) is 0. The lowest BCUT2D eigenvalue weighted by atomic mass is 10.1. The van der Waals surface area contributed by atoms with E-state index >= 15 is 0 Å². The van der Waals surface area contributed by atoms with Crippen LogP contribution in [0.2, 0.25) is 0 Å². The van der Waals surface area contributed by atoms with Crippen molar-refractivity contribution in [2.24, 2.45) is 0 Å². The quantitative estimate of drug-likeness (QED) is 0.564. The molecule has 0 aliphatic heterocycles. The standard InChI is InChI=1S/C10H16N2OS2/c1-7(2)8-5-4-6-9(11-8)10(13)12-15(3)14/h4-7,14-15H,1-3H3,(H,12,13). The van der Waals surface area contributed by atoms with Gasteiger partial charge in [-0.3, -0.25) is 4.79 Å². The largest absolute Gasteiger partial charge is 0.307 e. The predicted octanol–water partition coefficient (Wildman–Crippen LogP) is 2.33. The first-order chi connectivity index (χ1) is 7.00. The summed E-state index contributed by atoms with van der Waals surface area (Å²) >= 11 is 4.16. The molecule has 0 aromatic carbocycles. The molecule has 84 valence electrons. The monoisotopic (exact) mass is 244 g/mol. The number of rotatable bonds is 3. The molecule has 0 bridgehead atoms. The number of nitrogens with one attached hydrogen (secondary N) is 1. The summed E-state index contributed by atoms with van der Waals surface area (Å²) in [7, 11) is -0.734. The zero-order valence-corrected chi connectivity index (χ0v) is 10.8. The minimum Gasteiger partial charge on any atom is -0.307 e. The molecule has 0 spiro atoms. The summed E-state index contributed by atoms with van der Waals surface area (Å²) in [6.45, 7) is 4.10. The first-order valence-electron chi connectivity index (χ1n) is 4.71. The van der Waals surface area contributed by atoms with Gasteiger partial charge >= 0.3 is 0 Å². The second-order valence-corrected chi connectivity index (χ2v) is 6.64. The lowest BCUT2D eigenvalue weighted by molar-refractivity contribution is 0.0979. The summed E-state index contributed by atoms with van der Waals surface area (Å²) < 4.78 is 2.75. The highest BCUT2D eigenvalue weighted by Crippen LogP contribution is 2.19. The number of aromatic nitrogens is 1. The van der Waals surface area contributed by atoms with Crippen LogP contribution in [0.4, 0.5) is 0 Å². The van der Waals surface area contributed by atoms with E-state index in [9.17, 15) is 4.79 Å². The minimum absolute atomic E-state index is 0.152. The molecule has 0 saturated heterocycles. The molecule has 0 aliphatic carbocycles. The van der Waals surface area contributed by atoms with E-state index in [0.717, 1.165) is 5.69 Å². The van der Waals surface area contributed by atoms with Crippen LogP contribution in [0.1, 0.15) is 35.9 Å². The van der Waals surface area contributed by atoms with Crippen molar-refractivity contribution < 1.29 is 4.79 Å². The van der Waals surface area contributed by atoms with Crippen LogP contribution in [0.5, 0.6) is 0 Å². The number of hydrogen-bond acceptors (Lipinski definition) is 3. The summed E-state index contributed by atoms with van der Waals surface area (Å²) in [4.78, 5) is 15.9. The zero-order chi connectivity index (χ0) is 11.4. The SMILES string of the molecule is CC(C)c1cccc(C(=O)N[SH](C)S)n1. The van der Waals surface area contributed by atoms with Crippen LogP contribution >= 0.6 is 21.8 Å². The van der Waals surface area contributed by atoms with Crippen molar-refractivity contribution in [2.45, 2.75) is 19.8 Å². The Hall–Kier alpha value is -0.680. The summed E-state index contributed by atoms with van der Waals surface area (Å²) in [5.41, 5.74) is 1.40. The van der Waals surface area contributed by atoms with Gasteiger partial charge in [0.2, 0.25) is 0 Å².